The zero-order valence-corrected chi connectivity index (χ0v) is 12.1. The predicted octanol–water partition coefficient (Wildman–Crippen LogP) is 2.56. The number of fused-ring (bicyclic) bond motifs is 1. The first-order chi connectivity index (χ1) is 9.33. The van der Waals surface area contributed by atoms with Gasteiger partial charge in [-0.25, -0.2) is 0 Å². The van der Waals surface area contributed by atoms with E-state index in [4.69, 9.17) is 0 Å². The zero-order valence-electron chi connectivity index (χ0n) is 12.1. The van der Waals surface area contributed by atoms with Crippen LogP contribution in [0.5, 0.6) is 0 Å². The van der Waals surface area contributed by atoms with Crippen molar-refractivity contribution < 1.29 is 4.79 Å². The Morgan fingerprint density at radius 2 is 1.74 bits per heavy atom. The first-order valence-electron chi connectivity index (χ1n) is 8.33. The number of carbonyl (C=O) groups is 1. The van der Waals surface area contributed by atoms with E-state index in [0.717, 1.165) is 32.6 Å². The summed E-state index contributed by atoms with van der Waals surface area (Å²) in [6.45, 7) is 4.02. The summed E-state index contributed by atoms with van der Waals surface area (Å²) in [5.41, 5.74) is -0.0303. The van der Waals surface area contributed by atoms with Crippen LogP contribution in [0.3, 0.4) is 0 Å². The molecule has 108 valence electrons. The fraction of sp³-hybridized carbons (Fsp3) is 0.938. The summed E-state index contributed by atoms with van der Waals surface area (Å²) in [6.07, 6.45) is 11.3. The molecule has 1 aliphatic carbocycles. The predicted molar refractivity (Wildman–Crippen MR) is 76.9 cm³/mol. The summed E-state index contributed by atoms with van der Waals surface area (Å²) >= 11 is 0. The molecule has 0 aromatic carbocycles. The van der Waals surface area contributed by atoms with Crippen molar-refractivity contribution in [2.75, 3.05) is 26.2 Å². The lowest BCUT2D eigenvalue weighted by Gasteiger charge is -2.41. The van der Waals surface area contributed by atoms with Crippen molar-refractivity contribution in [1.82, 2.24) is 10.2 Å². The highest BCUT2D eigenvalue weighted by atomic mass is 16.2. The number of carbonyl (C=O) groups excluding carboxylic acids is 1. The van der Waals surface area contributed by atoms with Crippen LogP contribution in [-0.2, 0) is 4.79 Å². The molecular formula is C16H28N2O. The maximum Gasteiger partial charge on any atom is 0.230 e. The standard InChI is InChI=1S/C16H28N2O/c19-15(18-10-6-2-1-3-7-11-18)16-9-5-4-8-14(16)12-17-13-16/h14,17H,1-13H2/t14-,16+/m0/s1. The Balaban J connectivity index is 1.73. The van der Waals surface area contributed by atoms with E-state index < -0.39 is 0 Å². The van der Waals surface area contributed by atoms with E-state index in [1.54, 1.807) is 0 Å². The molecule has 0 unspecified atom stereocenters. The minimum Gasteiger partial charge on any atom is -0.342 e. The summed E-state index contributed by atoms with van der Waals surface area (Å²) in [5.74, 6) is 1.10. The van der Waals surface area contributed by atoms with Gasteiger partial charge < -0.3 is 10.2 Å². The Bertz CT molecular complexity index is 323. The van der Waals surface area contributed by atoms with Crippen LogP contribution in [-0.4, -0.2) is 37.0 Å². The molecule has 0 bridgehead atoms. The van der Waals surface area contributed by atoms with Gasteiger partial charge >= 0.3 is 0 Å². The van der Waals surface area contributed by atoms with Crippen LogP contribution >= 0.6 is 0 Å². The first-order valence-corrected chi connectivity index (χ1v) is 8.33. The summed E-state index contributed by atoms with van der Waals surface area (Å²) in [6, 6.07) is 0. The van der Waals surface area contributed by atoms with Gasteiger partial charge in [-0.3, -0.25) is 4.79 Å². The summed E-state index contributed by atoms with van der Waals surface area (Å²) in [7, 11) is 0. The van der Waals surface area contributed by atoms with E-state index in [0.29, 0.717) is 11.8 Å². The smallest absolute Gasteiger partial charge is 0.230 e. The van der Waals surface area contributed by atoms with Gasteiger partial charge in [-0.15, -0.1) is 0 Å². The maximum absolute atomic E-state index is 13.1. The molecule has 2 heterocycles. The van der Waals surface area contributed by atoms with Crippen LogP contribution in [0.1, 0.15) is 57.8 Å². The number of likely N-dealkylation sites (tertiary alicyclic amines) is 1. The third-order valence-corrected chi connectivity index (χ3v) is 5.61. The molecular weight excluding hydrogens is 236 g/mol. The monoisotopic (exact) mass is 264 g/mol. The first kappa shape index (κ1) is 13.4. The highest BCUT2D eigenvalue weighted by Gasteiger charge is 2.51. The fourth-order valence-electron chi connectivity index (χ4n) is 4.43. The van der Waals surface area contributed by atoms with Gasteiger partial charge in [0.15, 0.2) is 0 Å². The van der Waals surface area contributed by atoms with E-state index in [1.165, 1.54) is 51.4 Å². The summed E-state index contributed by atoms with van der Waals surface area (Å²) in [5, 5.41) is 3.51. The molecule has 3 aliphatic rings. The van der Waals surface area contributed by atoms with Crippen LogP contribution in [0.25, 0.3) is 0 Å². The van der Waals surface area contributed by atoms with E-state index in [2.05, 4.69) is 10.2 Å². The van der Waals surface area contributed by atoms with Crippen LogP contribution in [0.4, 0.5) is 0 Å². The summed E-state index contributed by atoms with van der Waals surface area (Å²) in [4.78, 5) is 15.3. The molecule has 3 rings (SSSR count). The largest absolute Gasteiger partial charge is 0.342 e. The fourth-order valence-corrected chi connectivity index (χ4v) is 4.43. The van der Waals surface area contributed by atoms with Crippen molar-refractivity contribution in [2.24, 2.45) is 11.3 Å². The van der Waals surface area contributed by atoms with Crippen LogP contribution in [0.2, 0.25) is 0 Å². The van der Waals surface area contributed by atoms with Gasteiger partial charge in [-0.2, -0.15) is 0 Å². The lowest BCUT2D eigenvalue weighted by Crippen LogP contribution is -2.50. The molecule has 1 saturated carbocycles. The van der Waals surface area contributed by atoms with Crippen molar-refractivity contribution >= 4 is 5.91 Å². The van der Waals surface area contributed by atoms with Crippen molar-refractivity contribution in [3.63, 3.8) is 0 Å². The lowest BCUT2D eigenvalue weighted by atomic mass is 9.67. The molecule has 3 heteroatoms. The van der Waals surface area contributed by atoms with Crippen molar-refractivity contribution in [1.29, 1.82) is 0 Å². The van der Waals surface area contributed by atoms with Gasteiger partial charge in [0.25, 0.3) is 0 Å². The number of nitrogens with zero attached hydrogens (tertiary/aromatic N) is 1. The molecule has 0 aromatic rings. The van der Waals surface area contributed by atoms with Gasteiger partial charge in [0.1, 0.15) is 0 Å². The minimum absolute atomic E-state index is 0.0303. The third kappa shape index (κ3) is 2.54. The Morgan fingerprint density at radius 1 is 1.00 bits per heavy atom. The van der Waals surface area contributed by atoms with E-state index in [-0.39, 0.29) is 5.41 Å². The van der Waals surface area contributed by atoms with E-state index in [1.807, 2.05) is 0 Å². The van der Waals surface area contributed by atoms with Crippen molar-refractivity contribution in [2.45, 2.75) is 57.8 Å². The quantitative estimate of drug-likeness (QED) is 0.789. The van der Waals surface area contributed by atoms with Gasteiger partial charge in [-0.05, 0) is 38.1 Å². The van der Waals surface area contributed by atoms with Gasteiger partial charge in [0.05, 0.1) is 5.41 Å². The molecule has 1 amide bonds. The van der Waals surface area contributed by atoms with E-state index >= 15 is 0 Å². The van der Waals surface area contributed by atoms with Crippen molar-refractivity contribution in [3.8, 4) is 0 Å². The molecule has 3 nitrogen and oxygen atoms in total. The second-order valence-electron chi connectivity index (χ2n) is 6.79. The molecule has 2 aliphatic heterocycles. The second-order valence-corrected chi connectivity index (χ2v) is 6.79. The Kier molecular flexibility index (Phi) is 4.11. The molecule has 0 radical (unpaired) electrons. The molecule has 19 heavy (non-hydrogen) atoms. The molecule has 3 fully saturated rings. The third-order valence-electron chi connectivity index (χ3n) is 5.61. The van der Waals surface area contributed by atoms with Crippen molar-refractivity contribution in [3.05, 3.63) is 0 Å². The molecule has 2 saturated heterocycles. The number of nitrogens with one attached hydrogen (secondary N) is 1. The second kappa shape index (κ2) is 5.82. The molecule has 0 aromatic heterocycles. The number of rotatable bonds is 1. The Hall–Kier alpha value is -0.570. The molecule has 2 atom stereocenters. The lowest BCUT2D eigenvalue weighted by molar-refractivity contribution is -0.145. The van der Waals surface area contributed by atoms with Crippen LogP contribution < -0.4 is 5.32 Å². The summed E-state index contributed by atoms with van der Waals surface area (Å²) < 4.78 is 0. The SMILES string of the molecule is O=C(N1CCCCCCC1)[C@@]12CCCC[C@H]1CNC2. The van der Waals surface area contributed by atoms with E-state index in [9.17, 15) is 4.79 Å². The van der Waals surface area contributed by atoms with Gasteiger partial charge in [0.2, 0.25) is 5.91 Å². The topological polar surface area (TPSA) is 32.3 Å². The maximum atomic E-state index is 13.1. The number of hydrogen-bond acceptors (Lipinski definition) is 2. The molecule has 1 N–H and O–H groups in total. The Labute approximate surface area is 117 Å². The highest BCUT2D eigenvalue weighted by Crippen LogP contribution is 2.45. The van der Waals surface area contributed by atoms with Gasteiger partial charge in [0, 0.05) is 19.6 Å². The van der Waals surface area contributed by atoms with Crippen LogP contribution in [0.15, 0.2) is 0 Å². The average molecular weight is 264 g/mol. The normalized spacial score (nSPS) is 36.4. The minimum atomic E-state index is -0.0303. The number of hydrogen-bond donors (Lipinski definition) is 1. The zero-order chi connectivity index (χ0) is 13.1. The average Bonchev–Trinajstić information content (AvgIpc) is 2.82. The highest BCUT2D eigenvalue weighted by molar-refractivity contribution is 5.84. The number of amides is 1. The molecule has 0 spiro atoms. The Morgan fingerprint density at radius 3 is 2.53 bits per heavy atom. The van der Waals surface area contributed by atoms with Crippen LogP contribution in [0, 0.1) is 11.3 Å². The van der Waals surface area contributed by atoms with Gasteiger partial charge in [-0.1, -0.05) is 32.1 Å².